The van der Waals surface area contributed by atoms with E-state index in [0.29, 0.717) is 0 Å². The van der Waals surface area contributed by atoms with Crippen LogP contribution in [0.2, 0.25) is 0 Å². The summed E-state index contributed by atoms with van der Waals surface area (Å²) in [4.78, 5) is 7.07. The van der Waals surface area contributed by atoms with Gasteiger partial charge in [0.1, 0.15) is 12.4 Å². The van der Waals surface area contributed by atoms with Crippen LogP contribution >= 0.6 is 0 Å². The summed E-state index contributed by atoms with van der Waals surface area (Å²) in [5.74, 6) is 3.47. The van der Waals surface area contributed by atoms with E-state index in [-0.39, 0.29) is 0 Å². The summed E-state index contributed by atoms with van der Waals surface area (Å²) >= 11 is 0. The van der Waals surface area contributed by atoms with Crippen molar-refractivity contribution in [2.75, 3.05) is 31.7 Å². The van der Waals surface area contributed by atoms with E-state index < -0.39 is 0 Å². The van der Waals surface area contributed by atoms with Crippen molar-refractivity contribution in [1.29, 1.82) is 0 Å². The van der Waals surface area contributed by atoms with Gasteiger partial charge in [0.15, 0.2) is 5.75 Å². The van der Waals surface area contributed by atoms with E-state index in [4.69, 9.17) is 9.47 Å². The fraction of sp³-hybridized carbons (Fsp3) is 0.550. The molecule has 128 valence electrons. The molecule has 1 aliphatic carbocycles. The molecule has 4 heteroatoms. The Kier molecular flexibility index (Phi) is 4.21. The maximum atomic E-state index is 5.90. The zero-order chi connectivity index (χ0) is 16.5. The topological polar surface area (TPSA) is 34.6 Å². The number of methoxy groups -OCH3 is 1. The molecule has 0 saturated heterocycles. The monoisotopic (exact) mass is 326 g/mol. The van der Waals surface area contributed by atoms with Crippen LogP contribution in [0.1, 0.15) is 32.6 Å². The number of hydrogen-bond acceptors (Lipinski definition) is 4. The van der Waals surface area contributed by atoms with Crippen LogP contribution in [0.25, 0.3) is 10.9 Å². The lowest BCUT2D eigenvalue weighted by molar-refractivity contribution is 0.271. The largest absolute Gasteiger partial charge is 0.497 e. The third kappa shape index (κ3) is 2.90. The summed E-state index contributed by atoms with van der Waals surface area (Å²) in [5.41, 5.74) is 2.20. The van der Waals surface area contributed by atoms with Gasteiger partial charge in [0.05, 0.1) is 31.1 Å². The molecule has 2 heterocycles. The van der Waals surface area contributed by atoms with Crippen molar-refractivity contribution in [3.63, 3.8) is 0 Å². The van der Waals surface area contributed by atoms with Gasteiger partial charge in [-0.25, -0.2) is 0 Å². The number of fused-ring (bicyclic) bond motifs is 3. The zero-order valence-electron chi connectivity index (χ0n) is 14.6. The lowest BCUT2D eigenvalue weighted by Crippen LogP contribution is -2.37. The van der Waals surface area contributed by atoms with Crippen LogP contribution in [0.5, 0.6) is 11.5 Å². The number of benzene rings is 1. The molecule has 1 saturated carbocycles. The highest BCUT2D eigenvalue weighted by molar-refractivity contribution is 5.96. The quantitative estimate of drug-likeness (QED) is 0.844. The standard InChI is InChI=1S/C20H26N2O2/c1-14-3-5-15(6-4-14)13-22-9-10-24-19-12-21-18-8-7-16(23-2)11-17(18)20(19)22/h7-8,11-12,14-15H,3-6,9-10,13H2,1-2H3. The van der Waals surface area contributed by atoms with Crippen molar-refractivity contribution in [2.45, 2.75) is 32.6 Å². The van der Waals surface area contributed by atoms with Gasteiger partial charge in [0.2, 0.25) is 0 Å². The van der Waals surface area contributed by atoms with E-state index in [9.17, 15) is 0 Å². The molecule has 0 radical (unpaired) electrons. The van der Waals surface area contributed by atoms with Crippen LogP contribution in [0, 0.1) is 11.8 Å². The third-order valence-corrected chi connectivity index (χ3v) is 5.56. The molecular formula is C20H26N2O2. The van der Waals surface area contributed by atoms with Gasteiger partial charge in [-0.15, -0.1) is 0 Å². The first-order valence-electron chi connectivity index (χ1n) is 9.09. The minimum absolute atomic E-state index is 0.743. The van der Waals surface area contributed by atoms with Crippen LogP contribution in [0.15, 0.2) is 24.4 Å². The Balaban J connectivity index is 1.68. The molecule has 4 nitrogen and oxygen atoms in total. The van der Waals surface area contributed by atoms with E-state index in [0.717, 1.165) is 53.9 Å². The highest BCUT2D eigenvalue weighted by Crippen LogP contribution is 2.40. The number of nitrogens with zero attached hydrogens (tertiary/aromatic N) is 2. The molecule has 0 unspecified atom stereocenters. The van der Waals surface area contributed by atoms with Gasteiger partial charge in [-0.3, -0.25) is 4.98 Å². The summed E-state index contributed by atoms with van der Waals surface area (Å²) in [5, 5.41) is 1.13. The molecule has 0 N–H and O–H groups in total. The smallest absolute Gasteiger partial charge is 0.161 e. The summed E-state index contributed by atoms with van der Waals surface area (Å²) in [6.07, 6.45) is 7.30. The number of ether oxygens (including phenoxy) is 2. The number of rotatable bonds is 3. The van der Waals surface area contributed by atoms with Gasteiger partial charge >= 0.3 is 0 Å². The molecule has 0 atom stereocenters. The first kappa shape index (κ1) is 15.6. The molecule has 0 bridgehead atoms. The van der Waals surface area contributed by atoms with Crippen molar-refractivity contribution < 1.29 is 9.47 Å². The second kappa shape index (κ2) is 6.50. The van der Waals surface area contributed by atoms with E-state index in [1.165, 1.54) is 31.4 Å². The van der Waals surface area contributed by atoms with Crippen LogP contribution in [0.3, 0.4) is 0 Å². The summed E-state index contributed by atoms with van der Waals surface area (Å²) in [6, 6.07) is 6.09. The molecule has 1 aliphatic heterocycles. The van der Waals surface area contributed by atoms with Crippen LogP contribution < -0.4 is 14.4 Å². The molecule has 24 heavy (non-hydrogen) atoms. The second-order valence-electron chi connectivity index (χ2n) is 7.27. The lowest BCUT2D eigenvalue weighted by Gasteiger charge is -2.36. The normalized spacial score (nSPS) is 23.7. The van der Waals surface area contributed by atoms with Gasteiger partial charge < -0.3 is 14.4 Å². The third-order valence-electron chi connectivity index (χ3n) is 5.56. The molecule has 1 aromatic heterocycles. The van der Waals surface area contributed by atoms with Crippen LogP contribution in [-0.2, 0) is 0 Å². The Labute approximate surface area is 143 Å². The summed E-state index contributed by atoms with van der Waals surface area (Å²) < 4.78 is 11.3. The molecule has 0 spiro atoms. The number of anilines is 1. The van der Waals surface area contributed by atoms with Crippen molar-refractivity contribution in [3.8, 4) is 11.5 Å². The first-order chi connectivity index (χ1) is 11.7. The highest BCUT2D eigenvalue weighted by Gasteiger charge is 2.26. The van der Waals surface area contributed by atoms with Crippen molar-refractivity contribution >= 4 is 16.6 Å². The van der Waals surface area contributed by atoms with Crippen LogP contribution in [0.4, 0.5) is 5.69 Å². The number of hydrogen-bond donors (Lipinski definition) is 0. The Hall–Kier alpha value is -1.97. The molecule has 2 aliphatic rings. The lowest BCUT2D eigenvalue weighted by atomic mass is 9.82. The predicted molar refractivity (Wildman–Crippen MR) is 97.1 cm³/mol. The SMILES string of the molecule is COc1ccc2ncc3c(c2c1)N(CC1CCC(C)CC1)CCO3. The van der Waals surface area contributed by atoms with E-state index in [1.54, 1.807) is 7.11 Å². The minimum atomic E-state index is 0.743. The van der Waals surface area contributed by atoms with E-state index >= 15 is 0 Å². The zero-order valence-corrected chi connectivity index (χ0v) is 14.6. The van der Waals surface area contributed by atoms with Crippen molar-refractivity contribution in [3.05, 3.63) is 24.4 Å². The maximum Gasteiger partial charge on any atom is 0.161 e. The first-order valence-corrected chi connectivity index (χ1v) is 9.09. The minimum Gasteiger partial charge on any atom is -0.497 e. The van der Waals surface area contributed by atoms with Gasteiger partial charge in [-0.1, -0.05) is 19.8 Å². The molecule has 1 aromatic carbocycles. The van der Waals surface area contributed by atoms with Gasteiger partial charge in [0, 0.05) is 11.9 Å². The Morgan fingerprint density at radius 1 is 1.25 bits per heavy atom. The van der Waals surface area contributed by atoms with Crippen molar-refractivity contribution in [1.82, 2.24) is 4.98 Å². The van der Waals surface area contributed by atoms with Crippen molar-refractivity contribution in [2.24, 2.45) is 11.8 Å². The highest BCUT2D eigenvalue weighted by atomic mass is 16.5. The van der Waals surface area contributed by atoms with Gasteiger partial charge in [-0.05, 0) is 42.9 Å². The molecule has 1 fully saturated rings. The molecular weight excluding hydrogens is 300 g/mol. The Bertz CT molecular complexity index is 718. The maximum absolute atomic E-state index is 5.90. The van der Waals surface area contributed by atoms with Gasteiger partial charge in [-0.2, -0.15) is 0 Å². The number of aromatic nitrogens is 1. The Morgan fingerprint density at radius 3 is 2.88 bits per heavy atom. The average molecular weight is 326 g/mol. The van der Waals surface area contributed by atoms with E-state index in [2.05, 4.69) is 22.9 Å². The Morgan fingerprint density at radius 2 is 2.08 bits per heavy atom. The van der Waals surface area contributed by atoms with Gasteiger partial charge in [0.25, 0.3) is 0 Å². The molecule has 2 aromatic rings. The average Bonchev–Trinajstić information content (AvgIpc) is 2.63. The fourth-order valence-corrected chi connectivity index (χ4v) is 4.08. The summed E-state index contributed by atoms with van der Waals surface area (Å²) in [7, 11) is 1.71. The molecule has 0 amide bonds. The second-order valence-corrected chi connectivity index (χ2v) is 7.27. The predicted octanol–water partition coefficient (Wildman–Crippen LogP) is 4.27. The summed E-state index contributed by atoms with van der Waals surface area (Å²) in [6.45, 7) is 5.20. The fourth-order valence-electron chi connectivity index (χ4n) is 4.08. The number of pyridine rings is 1. The molecule has 4 rings (SSSR count). The van der Waals surface area contributed by atoms with Crippen LogP contribution in [-0.4, -0.2) is 31.8 Å². The van der Waals surface area contributed by atoms with E-state index in [1.807, 2.05) is 18.3 Å².